The molecule has 0 bridgehead atoms. The molecule has 7 heteroatoms. The van der Waals surface area contributed by atoms with E-state index in [2.05, 4.69) is 33.9 Å². The number of nitrogens with zero attached hydrogens (tertiary/aromatic N) is 1. The number of carbonyl (C=O) groups is 3. The third-order valence-corrected chi connectivity index (χ3v) is 11.5. The van der Waals surface area contributed by atoms with E-state index in [1.54, 1.807) is 0 Å². The molecule has 0 saturated carbocycles. The van der Waals surface area contributed by atoms with Crippen LogP contribution in [0.15, 0.2) is 30.3 Å². The van der Waals surface area contributed by atoms with E-state index in [9.17, 15) is 14.4 Å². The molecular formula is C25H39NO5Si. The number of ether oxygens (including phenoxy) is 1. The first-order valence-corrected chi connectivity index (χ1v) is 14.4. The summed E-state index contributed by atoms with van der Waals surface area (Å²) in [6.45, 7) is 16.3. The van der Waals surface area contributed by atoms with Gasteiger partial charge in [-0.25, -0.2) is 9.69 Å². The number of carbonyl (C=O) groups excluding carboxylic acids is 3. The second-order valence-electron chi connectivity index (χ2n) is 10.8. The van der Waals surface area contributed by atoms with Crippen LogP contribution in [0.4, 0.5) is 4.79 Å². The van der Waals surface area contributed by atoms with Gasteiger partial charge in [-0.05, 0) is 30.1 Å². The Morgan fingerprint density at radius 3 is 2.28 bits per heavy atom. The Morgan fingerprint density at radius 2 is 1.75 bits per heavy atom. The zero-order valence-electron chi connectivity index (χ0n) is 20.9. The molecule has 0 unspecified atom stereocenters. The van der Waals surface area contributed by atoms with Crippen molar-refractivity contribution < 1.29 is 23.5 Å². The van der Waals surface area contributed by atoms with Crippen molar-refractivity contribution in [2.45, 2.75) is 91.1 Å². The van der Waals surface area contributed by atoms with E-state index in [1.165, 1.54) is 4.90 Å². The minimum Gasteiger partial charge on any atom is -0.447 e. The number of benzene rings is 1. The van der Waals surface area contributed by atoms with E-state index in [0.29, 0.717) is 12.8 Å². The van der Waals surface area contributed by atoms with E-state index in [-0.39, 0.29) is 35.8 Å². The normalized spacial score (nSPS) is 18.4. The summed E-state index contributed by atoms with van der Waals surface area (Å²) in [6.07, 6.45) is -0.383. The third-order valence-electron chi connectivity index (χ3n) is 6.99. The second-order valence-corrected chi connectivity index (χ2v) is 15.5. The highest BCUT2D eigenvalue weighted by Gasteiger charge is 2.47. The standard InChI is InChI=1S/C25H39NO5Si/c1-9-20(27)25(5,6)21(31-32(7,8)24(2,3)4)16-22(28)26-19(17-30-23(26)29)15-18-13-11-10-12-14-18/h10-14,19,21H,9,15-17H2,1-8H3/t19-,21-/m0/s1. The minimum absolute atomic E-state index is 0.0361. The first-order valence-electron chi connectivity index (χ1n) is 11.4. The van der Waals surface area contributed by atoms with Crippen LogP contribution in [0.1, 0.15) is 59.9 Å². The molecule has 0 aromatic heterocycles. The maximum Gasteiger partial charge on any atom is 0.416 e. The van der Waals surface area contributed by atoms with Crippen molar-refractivity contribution in [3.63, 3.8) is 0 Å². The van der Waals surface area contributed by atoms with Crippen molar-refractivity contribution in [1.29, 1.82) is 0 Å². The van der Waals surface area contributed by atoms with Gasteiger partial charge in [-0.2, -0.15) is 0 Å². The van der Waals surface area contributed by atoms with Crippen molar-refractivity contribution >= 4 is 26.1 Å². The van der Waals surface area contributed by atoms with Gasteiger partial charge in [-0.15, -0.1) is 0 Å². The molecule has 0 N–H and O–H groups in total. The van der Waals surface area contributed by atoms with Crippen LogP contribution in [0.3, 0.4) is 0 Å². The zero-order valence-corrected chi connectivity index (χ0v) is 21.9. The summed E-state index contributed by atoms with van der Waals surface area (Å²) in [6, 6.07) is 9.37. The number of ketones is 1. The molecular weight excluding hydrogens is 422 g/mol. The second kappa shape index (κ2) is 9.87. The number of Topliss-reactive ketones (excluding diaryl/α,β-unsaturated/α-hetero) is 1. The average Bonchev–Trinajstić information content (AvgIpc) is 3.06. The molecule has 1 saturated heterocycles. The van der Waals surface area contributed by atoms with E-state index >= 15 is 0 Å². The van der Waals surface area contributed by atoms with E-state index in [4.69, 9.17) is 9.16 Å². The van der Waals surface area contributed by atoms with Crippen molar-refractivity contribution in [3.05, 3.63) is 35.9 Å². The molecule has 2 rings (SSSR count). The van der Waals surface area contributed by atoms with Crippen LogP contribution in [0.25, 0.3) is 0 Å². The van der Waals surface area contributed by atoms with Crippen molar-refractivity contribution in [1.82, 2.24) is 4.90 Å². The summed E-state index contributed by atoms with van der Waals surface area (Å²) in [7, 11) is -2.28. The van der Waals surface area contributed by atoms with Crippen molar-refractivity contribution in [2.24, 2.45) is 5.41 Å². The molecule has 1 aromatic carbocycles. The maximum atomic E-state index is 13.4. The van der Waals surface area contributed by atoms with Gasteiger partial charge in [-0.3, -0.25) is 9.59 Å². The fourth-order valence-electron chi connectivity index (χ4n) is 3.67. The smallest absolute Gasteiger partial charge is 0.416 e. The minimum atomic E-state index is -2.28. The molecule has 0 aliphatic carbocycles. The van der Waals surface area contributed by atoms with Crippen molar-refractivity contribution in [2.75, 3.05) is 6.61 Å². The molecule has 1 heterocycles. The summed E-state index contributed by atoms with van der Waals surface area (Å²) < 4.78 is 11.9. The van der Waals surface area contributed by atoms with E-state index in [1.807, 2.05) is 51.1 Å². The molecule has 1 fully saturated rings. The molecule has 0 radical (unpaired) electrons. The number of hydrogen-bond acceptors (Lipinski definition) is 5. The van der Waals surface area contributed by atoms with Crippen molar-refractivity contribution in [3.8, 4) is 0 Å². The first-order chi connectivity index (χ1) is 14.7. The van der Waals surface area contributed by atoms with Crippen LogP contribution in [0, 0.1) is 5.41 Å². The predicted molar refractivity (Wildman–Crippen MR) is 128 cm³/mol. The SMILES string of the molecule is CCC(=O)C(C)(C)[C@H](CC(=O)N1C(=O)OC[C@@H]1Cc1ccccc1)O[Si](C)(C)C(C)(C)C. The van der Waals surface area contributed by atoms with E-state index in [0.717, 1.165) is 5.56 Å². The number of rotatable bonds is 9. The van der Waals surface area contributed by atoms with Crippen LogP contribution in [0.5, 0.6) is 0 Å². The summed E-state index contributed by atoms with van der Waals surface area (Å²) in [5, 5.41) is -0.0813. The lowest BCUT2D eigenvalue weighted by atomic mass is 9.79. The lowest BCUT2D eigenvalue weighted by Gasteiger charge is -2.43. The predicted octanol–water partition coefficient (Wildman–Crippen LogP) is 5.36. The Morgan fingerprint density at radius 1 is 1.16 bits per heavy atom. The average molecular weight is 462 g/mol. The molecule has 1 aromatic rings. The Hall–Kier alpha value is -1.99. The van der Waals surface area contributed by atoms with Gasteiger partial charge in [0.15, 0.2) is 8.32 Å². The highest BCUT2D eigenvalue weighted by molar-refractivity contribution is 6.74. The van der Waals surface area contributed by atoms with Gasteiger partial charge in [-0.1, -0.05) is 71.9 Å². The molecule has 2 atom stereocenters. The molecule has 32 heavy (non-hydrogen) atoms. The monoisotopic (exact) mass is 461 g/mol. The number of imide groups is 1. The lowest BCUT2D eigenvalue weighted by Crippen LogP contribution is -2.52. The Bertz CT molecular complexity index is 828. The summed E-state index contributed by atoms with van der Waals surface area (Å²) >= 11 is 0. The summed E-state index contributed by atoms with van der Waals surface area (Å²) in [4.78, 5) is 39.9. The Labute approximate surface area is 193 Å². The molecule has 0 spiro atoms. The van der Waals surface area contributed by atoms with Gasteiger partial charge in [0, 0.05) is 11.8 Å². The summed E-state index contributed by atoms with van der Waals surface area (Å²) in [5.41, 5.74) is 0.183. The number of hydrogen-bond donors (Lipinski definition) is 0. The fraction of sp³-hybridized carbons (Fsp3) is 0.640. The highest BCUT2D eigenvalue weighted by atomic mass is 28.4. The van der Waals surface area contributed by atoms with Crippen LogP contribution < -0.4 is 0 Å². The summed E-state index contributed by atoms with van der Waals surface area (Å²) in [5.74, 6) is -0.312. The molecule has 1 aliphatic heterocycles. The van der Waals surface area contributed by atoms with E-state index < -0.39 is 25.9 Å². The van der Waals surface area contributed by atoms with Crippen LogP contribution >= 0.6 is 0 Å². The molecule has 178 valence electrons. The largest absolute Gasteiger partial charge is 0.447 e. The van der Waals surface area contributed by atoms with Gasteiger partial charge in [0.25, 0.3) is 0 Å². The third kappa shape index (κ3) is 5.87. The van der Waals surface area contributed by atoms with Gasteiger partial charge in [0.05, 0.1) is 18.6 Å². The molecule has 2 amide bonds. The highest BCUT2D eigenvalue weighted by Crippen LogP contribution is 2.41. The quantitative estimate of drug-likeness (QED) is 0.463. The number of amides is 2. The lowest BCUT2D eigenvalue weighted by molar-refractivity contribution is -0.137. The zero-order chi connectivity index (χ0) is 24.3. The van der Waals surface area contributed by atoms with Gasteiger partial charge in [0.2, 0.25) is 5.91 Å². The Balaban J connectivity index is 2.29. The van der Waals surface area contributed by atoms with Crippen LogP contribution in [-0.4, -0.2) is 49.8 Å². The Kier molecular flexibility index (Phi) is 8.10. The van der Waals surface area contributed by atoms with Gasteiger partial charge in [0.1, 0.15) is 12.4 Å². The van der Waals surface area contributed by atoms with Crippen LogP contribution in [0.2, 0.25) is 18.1 Å². The van der Waals surface area contributed by atoms with Gasteiger partial charge < -0.3 is 9.16 Å². The first kappa shape index (κ1) is 26.3. The van der Waals surface area contributed by atoms with Crippen LogP contribution in [-0.2, 0) is 25.2 Å². The molecule has 1 aliphatic rings. The maximum absolute atomic E-state index is 13.4. The van der Waals surface area contributed by atoms with Gasteiger partial charge >= 0.3 is 6.09 Å². The fourth-order valence-corrected chi connectivity index (χ4v) is 5.11. The topological polar surface area (TPSA) is 72.9 Å². The number of cyclic esters (lactones) is 1. The molecule has 6 nitrogen and oxygen atoms in total.